The number of aliphatic imine (C=N–C) groups is 1. The maximum Gasteiger partial charge on any atom is 0.127 e. The molecule has 4 rings (SSSR count). The van der Waals surface area contributed by atoms with Crippen LogP contribution in [-0.4, -0.2) is 6.21 Å². The van der Waals surface area contributed by atoms with E-state index in [0.29, 0.717) is 0 Å². The van der Waals surface area contributed by atoms with Crippen LogP contribution in [0.4, 0.5) is 5.69 Å². The maximum absolute atomic E-state index is 5.86. The molecule has 0 radical (unpaired) electrons. The van der Waals surface area contributed by atoms with Crippen LogP contribution in [0.25, 0.3) is 0 Å². The molecule has 0 spiro atoms. The van der Waals surface area contributed by atoms with Gasteiger partial charge in [-0.3, -0.25) is 4.99 Å². The van der Waals surface area contributed by atoms with E-state index >= 15 is 0 Å². The molecule has 0 saturated carbocycles. The van der Waals surface area contributed by atoms with Crippen molar-refractivity contribution >= 4 is 11.9 Å². The first-order valence-corrected chi connectivity index (χ1v) is 8.65. The van der Waals surface area contributed by atoms with Gasteiger partial charge in [-0.1, -0.05) is 48.5 Å². The molecule has 1 atom stereocenters. The van der Waals surface area contributed by atoms with E-state index in [-0.39, 0.29) is 5.54 Å². The third-order valence-corrected chi connectivity index (χ3v) is 4.39. The monoisotopic (exact) mass is 340 g/mol. The fraction of sp³-hybridized carbons (Fsp3) is 0.0870. The molecule has 26 heavy (non-hydrogen) atoms. The third-order valence-electron chi connectivity index (χ3n) is 4.39. The Balaban J connectivity index is 1.49. The fourth-order valence-corrected chi connectivity index (χ4v) is 2.98. The van der Waals surface area contributed by atoms with Crippen LogP contribution in [0.1, 0.15) is 12.5 Å². The van der Waals surface area contributed by atoms with Crippen molar-refractivity contribution in [1.29, 1.82) is 0 Å². The molecule has 1 aliphatic rings. The molecule has 3 aromatic rings. The van der Waals surface area contributed by atoms with Gasteiger partial charge in [0.25, 0.3) is 0 Å². The quantitative estimate of drug-likeness (QED) is 0.639. The number of hydrogen-bond acceptors (Lipinski definition) is 3. The predicted octanol–water partition coefficient (Wildman–Crippen LogP) is 5.77. The van der Waals surface area contributed by atoms with Crippen molar-refractivity contribution in [1.82, 2.24) is 0 Å². The van der Waals surface area contributed by atoms with Crippen molar-refractivity contribution in [3.63, 3.8) is 0 Å². The Morgan fingerprint density at radius 1 is 0.769 bits per heavy atom. The molecular weight excluding hydrogens is 320 g/mol. The highest BCUT2D eigenvalue weighted by Gasteiger charge is 2.27. The molecule has 0 aromatic heterocycles. The Morgan fingerprint density at radius 2 is 1.38 bits per heavy atom. The van der Waals surface area contributed by atoms with E-state index in [9.17, 15) is 0 Å². The van der Waals surface area contributed by atoms with E-state index in [4.69, 9.17) is 9.73 Å². The molecule has 3 nitrogen and oxygen atoms in total. The second-order valence-electron chi connectivity index (χ2n) is 6.44. The van der Waals surface area contributed by atoms with Crippen LogP contribution in [0.2, 0.25) is 0 Å². The van der Waals surface area contributed by atoms with E-state index in [1.165, 1.54) is 0 Å². The van der Waals surface area contributed by atoms with Crippen molar-refractivity contribution in [3.8, 4) is 11.5 Å². The molecule has 0 amide bonds. The summed E-state index contributed by atoms with van der Waals surface area (Å²) in [6.45, 7) is 2.11. The Morgan fingerprint density at radius 3 is 2.08 bits per heavy atom. The zero-order valence-corrected chi connectivity index (χ0v) is 14.6. The van der Waals surface area contributed by atoms with Gasteiger partial charge in [-0.2, -0.15) is 0 Å². The smallest absolute Gasteiger partial charge is 0.127 e. The van der Waals surface area contributed by atoms with Crippen LogP contribution in [-0.2, 0) is 5.54 Å². The number of ether oxygens (including phenoxy) is 1. The topological polar surface area (TPSA) is 33.6 Å². The number of rotatable bonds is 5. The summed E-state index contributed by atoms with van der Waals surface area (Å²) in [5.41, 5.74) is 2.81. The number of para-hydroxylation sites is 2. The van der Waals surface area contributed by atoms with Crippen molar-refractivity contribution in [2.24, 2.45) is 4.99 Å². The van der Waals surface area contributed by atoms with E-state index in [0.717, 1.165) is 28.4 Å². The largest absolute Gasteiger partial charge is 0.457 e. The zero-order chi connectivity index (χ0) is 17.8. The molecule has 1 aliphatic heterocycles. The first kappa shape index (κ1) is 16.2. The summed E-state index contributed by atoms with van der Waals surface area (Å²) in [4.78, 5) is 4.71. The average molecular weight is 340 g/mol. The van der Waals surface area contributed by atoms with Crippen LogP contribution in [0.15, 0.2) is 102 Å². The summed E-state index contributed by atoms with van der Waals surface area (Å²) in [6.07, 6.45) is 4.04. The minimum Gasteiger partial charge on any atom is -0.457 e. The second kappa shape index (κ2) is 6.89. The number of benzene rings is 3. The Kier molecular flexibility index (Phi) is 4.28. The first-order valence-electron chi connectivity index (χ1n) is 8.65. The Labute approximate surface area is 153 Å². The van der Waals surface area contributed by atoms with Gasteiger partial charge in [0, 0.05) is 11.9 Å². The van der Waals surface area contributed by atoms with Crippen molar-refractivity contribution in [2.45, 2.75) is 12.5 Å². The first-order chi connectivity index (χ1) is 12.7. The number of allylic oxidation sites excluding steroid dienone is 1. The molecule has 0 aliphatic carbocycles. The van der Waals surface area contributed by atoms with E-state index in [2.05, 4.69) is 30.4 Å². The Hall–Kier alpha value is -3.33. The average Bonchev–Trinajstić information content (AvgIpc) is 3.06. The minimum absolute atomic E-state index is 0.373. The van der Waals surface area contributed by atoms with Gasteiger partial charge < -0.3 is 10.1 Å². The molecule has 1 heterocycles. The summed E-state index contributed by atoms with van der Waals surface area (Å²) in [7, 11) is 0. The van der Waals surface area contributed by atoms with Crippen LogP contribution in [0, 0.1) is 0 Å². The number of nitrogens with zero attached hydrogens (tertiary/aromatic N) is 1. The summed E-state index contributed by atoms with van der Waals surface area (Å²) in [5, 5.41) is 3.40. The summed E-state index contributed by atoms with van der Waals surface area (Å²) >= 11 is 0. The minimum atomic E-state index is -0.373. The normalized spacial score (nSPS) is 18.4. The fourth-order valence-electron chi connectivity index (χ4n) is 2.98. The SMILES string of the molecule is CC1(c2ccc(Oc3ccccc3)cc2)C=C(Nc2ccccc2)C=N1. The predicted molar refractivity (Wildman–Crippen MR) is 107 cm³/mol. The molecule has 3 heteroatoms. The van der Waals surface area contributed by atoms with Crippen LogP contribution < -0.4 is 10.1 Å². The van der Waals surface area contributed by atoms with Crippen molar-refractivity contribution in [2.75, 3.05) is 5.32 Å². The number of hydrogen-bond donors (Lipinski definition) is 1. The van der Waals surface area contributed by atoms with Gasteiger partial charge in [0.1, 0.15) is 17.0 Å². The number of anilines is 1. The molecule has 1 unspecified atom stereocenters. The van der Waals surface area contributed by atoms with Gasteiger partial charge in [-0.15, -0.1) is 0 Å². The highest BCUT2D eigenvalue weighted by atomic mass is 16.5. The lowest BCUT2D eigenvalue weighted by Gasteiger charge is -2.19. The molecule has 0 saturated heterocycles. The molecule has 128 valence electrons. The molecular formula is C23H20N2O. The maximum atomic E-state index is 5.86. The third kappa shape index (κ3) is 3.52. The van der Waals surface area contributed by atoms with Gasteiger partial charge in [0.2, 0.25) is 0 Å². The second-order valence-corrected chi connectivity index (χ2v) is 6.44. The molecule has 3 aromatic carbocycles. The van der Waals surface area contributed by atoms with Gasteiger partial charge in [-0.25, -0.2) is 0 Å². The van der Waals surface area contributed by atoms with Gasteiger partial charge in [0.15, 0.2) is 0 Å². The molecule has 0 fully saturated rings. The standard InChI is InChI=1S/C23H20N2O/c1-23(16-20(17-24-23)25-19-8-4-2-5-9-19)18-12-14-22(15-13-18)26-21-10-6-3-7-11-21/h2-17,25H,1H3. The highest BCUT2D eigenvalue weighted by molar-refractivity contribution is 5.86. The van der Waals surface area contributed by atoms with E-state index < -0.39 is 0 Å². The summed E-state index contributed by atoms with van der Waals surface area (Å²) in [6, 6.07) is 28.0. The summed E-state index contributed by atoms with van der Waals surface area (Å²) < 4.78 is 5.86. The van der Waals surface area contributed by atoms with Crippen molar-refractivity contribution < 1.29 is 4.74 Å². The number of nitrogens with one attached hydrogen (secondary N) is 1. The molecule has 1 N–H and O–H groups in total. The van der Waals surface area contributed by atoms with Gasteiger partial charge in [-0.05, 0) is 55.0 Å². The van der Waals surface area contributed by atoms with Crippen molar-refractivity contribution in [3.05, 3.63) is 102 Å². The van der Waals surface area contributed by atoms with Gasteiger partial charge >= 0.3 is 0 Å². The lowest BCUT2D eigenvalue weighted by molar-refractivity contribution is 0.482. The van der Waals surface area contributed by atoms with Gasteiger partial charge in [0.05, 0.1) is 5.70 Å². The lowest BCUT2D eigenvalue weighted by atomic mass is 9.93. The molecule has 0 bridgehead atoms. The van der Waals surface area contributed by atoms with Crippen LogP contribution in [0.5, 0.6) is 11.5 Å². The van der Waals surface area contributed by atoms with E-state index in [1.54, 1.807) is 0 Å². The zero-order valence-electron chi connectivity index (χ0n) is 14.6. The van der Waals surface area contributed by atoms with Crippen LogP contribution >= 0.6 is 0 Å². The highest BCUT2D eigenvalue weighted by Crippen LogP contribution is 2.33. The van der Waals surface area contributed by atoms with Crippen LogP contribution in [0.3, 0.4) is 0 Å². The summed E-state index contributed by atoms with van der Waals surface area (Å²) in [5.74, 6) is 1.65. The Bertz CT molecular complexity index is 931. The lowest BCUT2D eigenvalue weighted by Crippen LogP contribution is -2.13. The van der Waals surface area contributed by atoms with E-state index in [1.807, 2.05) is 79.0 Å².